The van der Waals surface area contributed by atoms with E-state index < -0.39 is 23.4 Å². The molecule has 0 atom stereocenters. The number of aromatic carboxylic acids is 1. The maximum Gasteiger partial charge on any atom is 0.433 e. The van der Waals surface area contributed by atoms with Gasteiger partial charge in [0.1, 0.15) is 5.56 Å². The highest BCUT2D eigenvalue weighted by Gasteiger charge is 2.39. The molecule has 0 aromatic carbocycles. The van der Waals surface area contributed by atoms with Gasteiger partial charge in [0.05, 0.1) is 6.20 Å². The van der Waals surface area contributed by atoms with E-state index in [0.717, 1.165) is 30.1 Å². The highest BCUT2D eigenvalue weighted by atomic mass is 19.4. The molecule has 0 radical (unpaired) electrons. The lowest BCUT2D eigenvalue weighted by molar-refractivity contribution is -0.144. The smallest absolute Gasteiger partial charge is 0.433 e. The Bertz CT molecular complexity index is 413. The Morgan fingerprint density at radius 3 is 2.56 bits per heavy atom. The predicted molar refractivity (Wildman–Crippen MR) is 58.3 cm³/mol. The van der Waals surface area contributed by atoms with Crippen molar-refractivity contribution in [3.8, 4) is 0 Å². The van der Waals surface area contributed by atoms with Crippen LogP contribution in [0, 0.1) is 0 Å². The first-order valence-electron chi connectivity index (χ1n) is 5.74. The van der Waals surface area contributed by atoms with Gasteiger partial charge in [-0.15, -0.1) is 0 Å². The van der Waals surface area contributed by atoms with Crippen LogP contribution in [0.15, 0.2) is 6.20 Å². The van der Waals surface area contributed by atoms with Crippen LogP contribution in [0.5, 0.6) is 0 Å². The van der Waals surface area contributed by atoms with Crippen LogP contribution in [0.3, 0.4) is 0 Å². The molecule has 0 unspecified atom stereocenters. The Morgan fingerprint density at radius 2 is 2.06 bits per heavy atom. The van der Waals surface area contributed by atoms with Crippen LogP contribution in [0.2, 0.25) is 0 Å². The summed E-state index contributed by atoms with van der Waals surface area (Å²) >= 11 is 0. The summed E-state index contributed by atoms with van der Waals surface area (Å²) in [5.41, 5.74) is -1.97. The lowest BCUT2D eigenvalue weighted by Gasteiger charge is -2.11. The van der Waals surface area contributed by atoms with E-state index in [9.17, 15) is 18.0 Å². The summed E-state index contributed by atoms with van der Waals surface area (Å²) in [6, 6.07) is 0. The lowest BCUT2D eigenvalue weighted by Crippen LogP contribution is -2.18. The van der Waals surface area contributed by atoms with Crippen molar-refractivity contribution in [1.29, 1.82) is 0 Å². The van der Waals surface area contributed by atoms with Gasteiger partial charge < -0.3 is 5.11 Å². The molecule has 1 aromatic rings. The fraction of sp³-hybridized carbons (Fsp3) is 0.636. The average Bonchev–Trinajstić information content (AvgIpc) is 2.68. The molecule has 102 valence electrons. The fourth-order valence-corrected chi connectivity index (χ4v) is 1.70. The third-order valence-electron chi connectivity index (χ3n) is 2.56. The zero-order valence-electron chi connectivity index (χ0n) is 10.00. The van der Waals surface area contributed by atoms with E-state index in [0.29, 0.717) is 6.42 Å². The van der Waals surface area contributed by atoms with Crippen LogP contribution in [-0.2, 0) is 12.7 Å². The Balaban J connectivity index is 2.88. The molecule has 0 fully saturated rings. The van der Waals surface area contributed by atoms with Gasteiger partial charge in [-0.1, -0.05) is 26.2 Å². The number of carbonyl (C=O) groups is 1. The SMILES string of the molecule is CCCCCCn1ncc(C(=O)O)c1C(F)(F)F. The molecular formula is C11H15F3N2O2. The molecule has 18 heavy (non-hydrogen) atoms. The monoisotopic (exact) mass is 264 g/mol. The van der Waals surface area contributed by atoms with Crippen LogP contribution >= 0.6 is 0 Å². The number of hydrogen-bond donors (Lipinski definition) is 1. The van der Waals surface area contributed by atoms with Crippen molar-refractivity contribution >= 4 is 5.97 Å². The van der Waals surface area contributed by atoms with Gasteiger partial charge in [-0.2, -0.15) is 18.3 Å². The second-order valence-electron chi connectivity index (χ2n) is 3.99. The summed E-state index contributed by atoms with van der Waals surface area (Å²) < 4.78 is 39.0. The Kier molecular flexibility index (Phi) is 4.75. The number of aromatic nitrogens is 2. The zero-order chi connectivity index (χ0) is 13.8. The molecule has 1 heterocycles. The first-order valence-corrected chi connectivity index (χ1v) is 5.74. The summed E-state index contributed by atoms with van der Waals surface area (Å²) in [5, 5.41) is 12.2. The minimum atomic E-state index is -4.70. The van der Waals surface area contributed by atoms with Gasteiger partial charge in [0.15, 0.2) is 5.69 Å². The summed E-state index contributed by atoms with van der Waals surface area (Å²) in [6.07, 6.45) is -0.673. The third kappa shape index (κ3) is 3.48. The highest BCUT2D eigenvalue weighted by molar-refractivity contribution is 5.88. The van der Waals surface area contributed by atoms with Crippen molar-refractivity contribution in [2.75, 3.05) is 0 Å². The van der Waals surface area contributed by atoms with Gasteiger partial charge in [0.25, 0.3) is 0 Å². The zero-order valence-corrected chi connectivity index (χ0v) is 10.00. The second-order valence-corrected chi connectivity index (χ2v) is 3.99. The summed E-state index contributed by atoms with van der Waals surface area (Å²) in [4.78, 5) is 10.7. The fourth-order valence-electron chi connectivity index (χ4n) is 1.70. The van der Waals surface area contributed by atoms with Gasteiger partial charge in [0.2, 0.25) is 0 Å². The minimum absolute atomic E-state index is 0.0854. The van der Waals surface area contributed by atoms with Gasteiger partial charge >= 0.3 is 12.1 Å². The number of unbranched alkanes of at least 4 members (excludes halogenated alkanes) is 3. The second kappa shape index (κ2) is 5.88. The number of hydrogen-bond acceptors (Lipinski definition) is 2. The van der Waals surface area contributed by atoms with E-state index in [1.54, 1.807) is 0 Å². The summed E-state index contributed by atoms with van der Waals surface area (Å²) in [6.45, 7) is 2.08. The molecule has 0 saturated heterocycles. The van der Waals surface area contributed by atoms with Crippen LogP contribution in [0.1, 0.15) is 48.7 Å². The average molecular weight is 264 g/mol. The first-order chi connectivity index (χ1) is 8.38. The molecule has 0 amide bonds. The maximum atomic E-state index is 12.8. The number of carboxylic acids is 1. The summed E-state index contributed by atoms with van der Waals surface area (Å²) in [5.74, 6) is -1.61. The van der Waals surface area contributed by atoms with E-state index in [1.165, 1.54) is 0 Å². The number of halogens is 3. The molecule has 0 saturated carbocycles. The van der Waals surface area contributed by atoms with Crippen molar-refractivity contribution in [2.45, 2.75) is 45.3 Å². The predicted octanol–water partition coefficient (Wildman–Crippen LogP) is 3.18. The molecule has 1 rings (SSSR count). The van der Waals surface area contributed by atoms with Crippen molar-refractivity contribution < 1.29 is 23.1 Å². The number of nitrogens with zero attached hydrogens (tertiary/aromatic N) is 2. The van der Waals surface area contributed by atoms with Crippen molar-refractivity contribution in [2.24, 2.45) is 0 Å². The van der Waals surface area contributed by atoms with Gasteiger partial charge in [-0.3, -0.25) is 4.68 Å². The Labute approximate surface area is 102 Å². The number of carboxylic acid groups (broad SMARTS) is 1. The molecular weight excluding hydrogens is 249 g/mol. The van der Waals surface area contributed by atoms with Crippen LogP contribution in [0.4, 0.5) is 13.2 Å². The number of alkyl halides is 3. The van der Waals surface area contributed by atoms with E-state index in [4.69, 9.17) is 5.11 Å². The van der Waals surface area contributed by atoms with Crippen LogP contribution in [-0.4, -0.2) is 20.9 Å². The molecule has 1 N–H and O–H groups in total. The summed E-state index contributed by atoms with van der Waals surface area (Å²) in [7, 11) is 0. The molecule has 0 bridgehead atoms. The van der Waals surface area contributed by atoms with Gasteiger partial charge in [0, 0.05) is 6.54 Å². The van der Waals surface area contributed by atoms with E-state index in [1.807, 2.05) is 6.92 Å². The molecule has 7 heteroatoms. The standard InChI is InChI=1S/C11H15F3N2O2/c1-2-3-4-5-6-16-9(11(12,13)14)8(7-15-16)10(17)18/h7H,2-6H2,1H3,(H,17,18). The van der Waals surface area contributed by atoms with Crippen molar-refractivity contribution in [3.63, 3.8) is 0 Å². The normalized spacial score (nSPS) is 11.8. The Morgan fingerprint density at radius 1 is 1.39 bits per heavy atom. The quantitative estimate of drug-likeness (QED) is 0.803. The molecule has 0 aliphatic carbocycles. The lowest BCUT2D eigenvalue weighted by atomic mass is 10.2. The van der Waals surface area contributed by atoms with E-state index in [-0.39, 0.29) is 6.54 Å². The first kappa shape index (κ1) is 14.5. The van der Waals surface area contributed by atoms with Gasteiger partial charge in [-0.25, -0.2) is 4.79 Å². The van der Waals surface area contributed by atoms with Crippen molar-refractivity contribution in [3.05, 3.63) is 17.5 Å². The maximum absolute atomic E-state index is 12.8. The van der Waals surface area contributed by atoms with Crippen LogP contribution < -0.4 is 0 Å². The molecule has 0 aliphatic heterocycles. The largest absolute Gasteiger partial charge is 0.478 e. The number of rotatable bonds is 6. The van der Waals surface area contributed by atoms with Crippen LogP contribution in [0.25, 0.3) is 0 Å². The third-order valence-corrected chi connectivity index (χ3v) is 2.56. The topological polar surface area (TPSA) is 55.1 Å². The Hall–Kier alpha value is -1.53. The minimum Gasteiger partial charge on any atom is -0.478 e. The molecule has 1 aromatic heterocycles. The number of aryl methyl sites for hydroxylation is 1. The molecule has 0 spiro atoms. The molecule has 0 aliphatic rings. The van der Waals surface area contributed by atoms with Gasteiger partial charge in [-0.05, 0) is 6.42 Å². The molecule has 4 nitrogen and oxygen atoms in total. The van der Waals surface area contributed by atoms with E-state index >= 15 is 0 Å². The highest BCUT2D eigenvalue weighted by Crippen LogP contribution is 2.32. The van der Waals surface area contributed by atoms with E-state index in [2.05, 4.69) is 5.10 Å². The van der Waals surface area contributed by atoms with Crippen molar-refractivity contribution in [1.82, 2.24) is 9.78 Å².